The predicted molar refractivity (Wildman–Crippen MR) is 64.6 cm³/mol. The van der Waals surface area contributed by atoms with Crippen molar-refractivity contribution in [2.24, 2.45) is 5.92 Å². The van der Waals surface area contributed by atoms with Gasteiger partial charge in [0.15, 0.2) is 10.3 Å². The van der Waals surface area contributed by atoms with E-state index in [1.54, 1.807) is 0 Å². The van der Waals surface area contributed by atoms with Crippen LogP contribution in [-0.2, 0) is 9.59 Å². The molecule has 1 fully saturated rings. The molecule has 0 bridgehead atoms. The number of carbonyl (C=O) groups excluding carboxylic acids is 1. The molecule has 2 heterocycles. The number of anilines is 2. The minimum atomic E-state index is -1.05. The van der Waals surface area contributed by atoms with Gasteiger partial charge in [-0.15, -0.1) is 0 Å². The third-order valence-corrected chi connectivity index (χ3v) is 3.09. The fraction of sp³-hybridized carbons (Fsp3) is 0.333. The molecule has 96 valence electrons. The number of nitrogens with zero attached hydrogens (tertiary/aromatic N) is 3. The van der Waals surface area contributed by atoms with E-state index in [1.807, 2.05) is 0 Å². The topological polar surface area (TPSA) is 109 Å². The molecule has 1 saturated heterocycles. The van der Waals surface area contributed by atoms with Crippen molar-refractivity contribution in [1.82, 2.24) is 9.97 Å². The zero-order chi connectivity index (χ0) is 13.4. The van der Waals surface area contributed by atoms with Crippen molar-refractivity contribution >= 4 is 46.7 Å². The van der Waals surface area contributed by atoms with Crippen molar-refractivity contribution in [2.75, 3.05) is 17.2 Å². The van der Waals surface area contributed by atoms with Crippen LogP contribution >= 0.6 is 23.2 Å². The van der Waals surface area contributed by atoms with Gasteiger partial charge in [-0.1, -0.05) is 23.2 Å². The Kier molecular flexibility index (Phi) is 3.27. The molecule has 1 unspecified atom stereocenters. The van der Waals surface area contributed by atoms with Crippen molar-refractivity contribution in [3.05, 3.63) is 10.3 Å². The van der Waals surface area contributed by atoms with Gasteiger partial charge >= 0.3 is 5.97 Å². The molecule has 0 radical (unpaired) electrons. The van der Waals surface area contributed by atoms with Crippen LogP contribution in [0.3, 0.4) is 0 Å². The lowest BCUT2D eigenvalue weighted by Gasteiger charge is -2.17. The molecule has 0 aromatic carbocycles. The summed E-state index contributed by atoms with van der Waals surface area (Å²) in [5, 5.41) is 8.73. The number of carbonyl (C=O) groups is 2. The summed E-state index contributed by atoms with van der Waals surface area (Å²) >= 11 is 11.7. The Morgan fingerprint density at radius 3 is 2.39 bits per heavy atom. The maximum Gasteiger partial charge on any atom is 0.308 e. The van der Waals surface area contributed by atoms with Crippen LogP contribution in [0.5, 0.6) is 0 Å². The second-order valence-electron chi connectivity index (χ2n) is 3.76. The minimum Gasteiger partial charge on any atom is -0.481 e. The number of aliphatic carboxylic acids is 1. The Hall–Kier alpha value is -1.60. The van der Waals surface area contributed by atoms with Gasteiger partial charge in [-0.2, -0.15) is 9.97 Å². The van der Waals surface area contributed by atoms with Gasteiger partial charge < -0.3 is 15.7 Å². The zero-order valence-corrected chi connectivity index (χ0v) is 10.4. The molecular weight excluding hydrogens is 283 g/mol. The number of amides is 1. The van der Waals surface area contributed by atoms with Gasteiger partial charge in [-0.25, -0.2) is 0 Å². The highest BCUT2D eigenvalue weighted by Gasteiger charge is 2.37. The number of carboxylic acids is 1. The standard InChI is InChI=1S/C9H8Cl2N4O3/c10-6-5(7(11)14-9(12)13-6)15-2-3(8(17)18)1-4(15)16/h3H,1-2H2,(H,17,18)(H2,12,13,14). The Balaban J connectivity index is 2.39. The lowest BCUT2D eigenvalue weighted by molar-refractivity contribution is -0.141. The monoisotopic (exact) mass is 290 g/mol. The quantitative estimate of drug-likeness (QED) is 0.780. The number of nitrogen functional groups attached to an aromatic ring is 1. The fourth-order valence-corrected chi connectivity index (χ4v) is 2.33. The first-order valence-corrected chi connectivity index (χ1v) is 5.67. The average Bonchev–Trinajstić information content (AvgIpc) is 2.59. The highest BCUT2D eigenvalue weighted by Crippen LogP contribution is 2.35. The highest BCUT2D eigenvalue weighted by atomic mass is 35.5. The fourth-order valence-electron chi connectivity index (χ4n) is 1.73. The van der Waals surface area contributed by atoms with Crippen LogP contribution in [0.15, 0.2) is 0 Å². The molecule has 7 nitrogen and oxygen atoms in total. The number of hydrogen-bond donors (Lipinski definition) is 2. The summed E-state index contributed by atoms with van der Waals surface area (Å²) in [4.78, 5) is 31.1. The van der Waals surface area contributed by atoms with Gasteiger partial charge in [0.2, 0.25) is 11.9 Å². The Labute approximate surface area is 112 Å². The molecule has 2 rings (SSSR count). The van der Waals surface area contributed by atoms with Crippen molar-refractivity contribution in [3.8, 4) is 0 Å². The Bertz CT molecular complexity index is 514. The van der Waals surface area contributed by atoms with E-state index in [4.69, 9.17) is 34.0 Å². The van der Waals surface area contributed by atoms with Crippen LogP contribution < -0.4 is 10.6 Å². The van der Waals surface area contributed by atoms with Crippen LogP contribution in [0, 0.1) is 5.92 Å². The van der Waals surface area contributed by atoms with E-state index in [1.165, 1.54) is 4.90 Å². The maximum absolute atomic E-state index is 11.7. The number of aromatic nitrogens is 2. The Morgan fingerprint density at radius 1 is 1.39 bits per heavy atom. The van der Waals surface area contributed by atoms with E-state index in [-0.39, 0.29) is 40.8 Å². The molecule has 0 spiro atoms. The number of nitrogens with two attached hydrogens (primary N) is 1. The van der Waals surface area contributed by atoms with Crippen LogP contribution in [0.4, 0.5) is 11.6 Å². The van der Waals surface area contributed by atoms with Gasteiger partial charge in [0.25, 0.3) is 0 Å². The van der Waals surface area contributed by atoms with Crippen molar-refractivity contribution in [3.63, 3.8) is 0 Å². The number of halogens is 2. The predicted octanol–water partition coefficient (Wildman–Crippen LogP) is 0.803. The third-order valence-electron chi connectivity index (χ3n) is 2.56. The molecule has 1 aliphatic rings. The van der Waals surface area contributed by atoms with Gasteiger partial charge in [0.05, 0.1) is 5.92 Å². The van der Waals surface area contributed by atoms with Crippen LogP contribution in [0.25, 0.3) is 0 Å². The van der Waals surface area contributed by atoms with Crippen molar-refractivity contribution < 1.29 is 14.7 Å². The van der Waals surface area contributed by atoms with E-state index in [0.717, 1.165) is 0 Å². The molecule has 18 heavy (non-hydrogen) atoms. The first-order chi connectivity index (χ1) is 8.40. The van der Waals surface area contributed by atoms with Gasteiger partial charge in [-0.05, 0) is 0 Å². The molecule has 0 saturated carbocycles. The molecular formula is C9H8Cl2N4O3. The lowest BCUT2D eigenvalue weighted by Crippen LogP contribution is -2.27. The second kappa shape index (κ2) is 4.58. The zero-order valence-electron chi connectivity index (χ0n) is 8.93. The maximum atomic E-state index is 11.7. The third kappa shape index (κ3) is 2.19. The summed E-state index contributed by atoms with van der Waals surface area (Å²) in [6.07, 6.45) is -0.105. The van der Waals surface area contributed by atoms with E-state index >= 15 is 0 Å². The van der Waals surface area contributed by atoms with Crippen LogP contribution in [-0.4, -0.2) is 33.5 Å². The van der Waals surface area contributed by atoms with Crippen LogP contribution in [0.2, 0.25) is 10.3 Å². The van der Waals surface area contributed by atoms with Crippen molar-refractivity contribution in [2.45, 2.75) is 6.42 Å². The van der Waals surface area contributed by atoms with Crippen LogP contribution in [0.1, 0.15) is 6.42 Å². The SMILES string of the molecule is Nc1nc(Cl)c(N2CC(C(=O)O)CC2=O)c(Cl)n1. The highest BCUT2D eigenvalue weighted by molar-refractivity contribution is 6.38. The summed E-state index contributed by atoms with van der Waals surface area (Å²) in [6, 6.07) is 0. The average molecular weight is 291 g/mol. The molecule has 9 heteroatoms. The summed E-state index contributed by atoms with van der Waals surface area (Å²) < 4.78 is 0. The first kappa shape index (κ1) is 12.8. The second-order valence-corrected chi connectivity index (χ2v) is 4.47. The molecule has 0 aliphatic carbocycles. The number of carboxylic acid groups (broad SMARTS) is 1. The number of rotatable bonds is 2. The van der Waals surface area contributed by atoms with E-state index in [2.05, 4.69) is 9.97 Å². The van der Waals surface area contributed by atoms with E-state index in [0.29, 0.717) is 0 Å². The lowest BCUT2D eigenvalue weighted by atomic mass is 10.1. The summed E-state index contributed by atoms with van der Waals surface area (Å²) in [7, 11) is 0. The van der Waals surface area contributed by atoms with E-state index in [9.17, 15) is 9.59 Å². The Morgan fingerprint density at radius 2 is 1.94 bits per heavy atom. The van der Waals surface area contributed by atoms with Gasteiger partial charge in [0, 0.05) is 13.0 Å². The first-order valence-electron chi connectivity index (χ1n) is 4.92. The summed E-state index contributed by atoms with van der Waals surface area (Å²) in [5.74, 6) is -2.34. The smallest absolute Gasteiger partial charge is 0.308 e. The molecule has 1 aromatic rings. The van der Waals surface area contributed by atoms with Gasteiger partial charge in [0.1, 0.15) is 5.69 Å². The molecule has 1 aliphatic heterocycles. The van der Waals surface area contributed by atoms with Crippen molar-refractivity contribution in [1.29, 1.82) is 0 Å². The molecule has 3 N–H and O–H groups in total. The summed E-state index contributed by atoms with van der Waals surface area (Å²) in [5.41, 5.74) is 5.45. The summed E-state index contributed by atoms with van der Waals surface area (Å²) in [6.45, 7) is -0.0130. The number of hydrogen-bond acceptors (Lipinski definition) is 5. The normalized spacial score (nSPS) is 19.3. The molecule has 1 amide bonds. The molecule has 1 atom stereocenters. The largest absolute Gasteiger partial charge is 0.481 e. The van der Waals surface area contributed by atoms with Gasteiger partial charge in [-0.3, -0.25) is 9.59 Å². The van der Waals surface area contributed by atoms with E-state index < -0.39 is 11.9 Å². The minimum absolute atomic E-state index is 0.0130. The molecule has 1 aromatic heterocycles.